The molecule has 0 saturated carbocycles. The number of nitrogens with zero attached hydrogens (tertiary/aromatic N) is 3. The van der Waals surface area contributed by atoms with Crippen molar-refractivity contribution in [2.24, 2.45) is 0 Å². The quantitative estimate of drug-likeness (QED) is 0.639. The fourth-order valence-corrected chi connectivity index (χ4v) is 1.94. The number of hydrogen-bond acceptors (Lipinski definition) is 7. The molecule has 21 heavy (non-hydrogen) atoms. The Morgan fingerprint density at radius 3 is 2.86 bits per heavy atom. The van der Waals surface area contributed by atoms with Crippen molar-refractivity contribution in [2.45, 2.75) is 13.5 Å². The van der Waals surface area contributed by atoms with E-state index in [1.54, 1.807) is 13.2 Å². The lowest BCUT2D eigenvalue weighted by molar-refractivity contribution is -0.385. The van der Waals surface area contributed by atoms with E-state index in [0.29, 0.717) is 12.3 Å². The van der Waals surface area contributed by atoms with E-state index in [1.165, 1.54) is 6.92 Å². The molecule has 0 aliphatic carbocycles. The van der Waals surface area contributed by atoms with Crippen LogP contribution in [0.5, 0.6) is 0 Å². The topological polar surface area (TPSA) is 116 Å². The molecule has 0 amide bonds. The molecule has 0 unspecified atom stereocenters. The lowest BCUT2D eigenvalue weighted by Crippen LogP contribution is -2.07. The van der Waals surface area contributed by atoms with E-state index in [-0.39, 0.29) is 23.1 Å². The molecule has 0 atom stereocenters. The summed E-state index contributed by atoms with van der Waals surface area (Å²) in [4.78, 5) is 18.3. The molecule has 0 aliphatic rings. The number of anilines is 3. The van der Waals surface area contributed by atoms with E-state index in [1.807, 2.05) is 18.2 Å². The van der Waals surface area contributed by atoms with Crippen molar-refractivity contribution in [2.75, 3.05) is 18.2 Å². The van der Waals surface area contributed by atoms with Gasteiger partial charge in [0.25, 0.3) is 0 Å². The van der Waals surface area contributed by atoms with Gasteiger partial charge in [-0.1, -0.05) is 12.1 Å². The van der Waals surface area contributed by atoms with Crippen molar-refractivity contribution >= 4 is 23.1 Å². The van der Waals surface area contributed by atoms with Gasteiger partial charge < -0.3 is 15.8 Å². The van der Waals surface area contributed by atoms with E-state index < -0.39 is 4.92 Å². The van der Waals surface area contributed by atoms with Crippen LogP contribution in [0.4, 0.5) is 23.1 Å². The molecule has 1 heterocycles. The maximum atomic E-state index is 11.1. The minimum absolute atomic E-state index is 0.0198. The summed E-state index contributed by atoms with van der Waals surface area (Å²) in [6.45, 7) is 1.96. The van der Waals surface area contributed by atoms with Crippen LogP contribution in [-0.2, 0) is 11.3 Å². The molecule has 8 nitrogen and oxygen atoms in total. The first kappa shape index (κ1) is 14.7. The molecule has 3 N–H and O–H groups in total. The zero-order valence-corrected chi connectivity index (χ0v) is 11.7. The second-order valence-corrected chi connectivity index (χ2v) is 4.38. The molecule has 2 aromatic rings. The van der Waals surface area contributed by atoms with Crippen molar-refractivity contribution in [1.29, 1.82) is 0 Å². The highest BCUT2D eigenvalue weighted by Crippen LogP contribution is 2.28. The molecular weight excluding hydrogens is 274 g/mol. The molecule has 0 fully saturated rings. The molecule has 0 aliphatic heterocycles. The molecule has 8 heteroatoms. The minimum Gasteiger partial charge on any atom is -0.380 e. The second kappa shape index (κ2) is 6.14. The smallest absolute Gasteiger partial charge is 0.332 e. The standard InChI is InChI=1S/C13H15N5O3/c1-8-11(18(19)20)12(17-13(14)15-8)16-10-5-3-4-9(6-10)7-21-2/h3-6H,7H2,1-2H3,(H3,14,15,16,17). The largest absolute Gasteiger partial charge is 0.380 e. The van der Waals surface area contributed by atoms with Gasteiger partial charge in [0.2, 0.25) is 11.8 Å². The number of nitrogen functional groups attached to an aromatic ring is 1. The molecule has 0 bridgehead atoms. The van der Waals surface area contributed by atoms with E-state index in [9.17, 15) is 10.1 Å². The second-order valence-electron chi connectivity index (χ2n) is 4.38. The summed E-state index contributed by atoms with van der Waals surface area (Å²) in [7, 11) is 1.60. The maximum absolute atomic E-state index is 11.1. The van der Waals surface area contributed by atoms with Crippen LogP contribution < -0.4 is 11.1 Å². The van der Waals surface area contributed by atoms with Crippen LogP contribution in [-0.4, -0.2) is 22.0 Å². The predicted octanol–water partition coefficient (Wildman–Crippen LogP) is 2.17. The van der Waals surface area contributed by atoms with Crippen LogP contribution in [0.1, 0.15) is 11.3 Å². The fraction of sp³-hybridized carbons (Fsp3) is 0.231. The highest BCUT2D eigenvalue weighted by molar-refractivity contribution is 5.68. The van der Waals surface area contributed by atoms with Gasteiger partial charge in [0, 0.05) is 12.8 Å². The normalized spacial score (nSPS) is 10.4. The summed E-state index contributed by atoms with van der Waals surface area (Å²) >= 11 is 0. The number of nitrogens with one attached hydrogen (secondary N) is 1. The number of methoxy groups -OCH3 is 1. The highest BCUT2D eigenvalue weighted by Gasteiger charge is 2.21. The van der Waals surface area contributed by atoms with Crippen LogP contribution in [0.25, 0.3) is 0 Å². The fourth-order valence-electron chi connectivity index (χ4n) is 1.94. The lowest BCUT2D eigenvalue weighted by atomic mass is 10.2. The molecule has 1 aromatic heterocycles. The Balaban J connectivity index is 2.39. The van der Waals surface area contributed by atoms with Crippen LogP contribution in [0.3, 0.4) is 0 Å². The van der Waals surface area contributed by atoms with Gasteiger partial charge >= 0.3 is 5.69 Å². The van der Waals surface area contributed by atoms with E-state index >= 15 is 0 Å². The van der Waals surface area contributed by atoms with Crippen molar-refractivity contribution in [1.82, 2.24) is 9.97 Å². The van der Waals surface area contributed by atoms with Gasteiger partial charge in [0.05, 0.1) is 11.5 Å². The van der Waals surface area contributed by atoms with Crippen LogP contribution in [0, 0.1) is 17.0 Å². The summed E-state index contributed by atoms with van der Waals surface area (Å²) in [6.07, 6.45) is 0. The third-order valence-corrected chi connectivity index (χ3v) is 2.76. The van der Waals surface area contributed by atoms with Gasteiger partial charge in [-0.2, -0.15) is 4.98 Å². The number of nitrogens with two attached hydrogens (primary N) is 1. The number of benzene rings is 1. The SMILES string of the molecule is COCc1cccc(Nc2nc(N)nc(C)c2[N+](=O)[O-])c1. The Kier molecular flexibility index (Phi) is 4.29. The number of ether oxygens (including phenoxy) is 1. The van der Waals surface area contributed by atoms with E-state index in [0.717, 1.165) is 5.56 Å². The van der Waals surface area contributed by atoms with Crippen molar-refractivity contribution in [3.05, 3.63) is 45.6 Å². The van der Waals surface area contributed by atoms with Gasteiger partial charge in [-0.05, 0) is 24.6 Å². The molecule has 0 radical (unpaired) electrons. The molecule has 1 aromatic carbocycles. The van der Waals surface area contributed by atoms with E-state index in [2.05, 4.69) is 15.3 Å². The monoisotopic (exact) mass is 289 g/mol. The molecule has 110 valence electrons. The number of aryl methyl sites for hydroxylation is 1. The molecule has 0 saturated heterocycles. The summed E-state index contributed by atoms with van der Waals surface area (Å²) in [6, 6.07) is 7.31. The van der Waals surface area contributed by atoms with Crippen molar-refractivity contribution in [3.63, 3.8) is 0 Å². The Hall–Kier alpha value is -2.74. The van der Waals surface area contributed by atoms with Gasteiger partial charge in [0.1, 0.15) is 5.69 Å². The first-order chi connectivity index (χ1) is 10.0. The number of nitro groups is 1. The van der Waals surface area contributed by atoms with Crippen molar-refractivity contribution < 1.29 is 9.66 Å². The zero-order chi connectivity index (χ0) is 15.4. The molecule has 0 spiro atoms. The minimum atomic E-state index is -0.532. The van der Waals surface area contributed by atoms with Gasteiger partial charge in [-0.15, -0.1) is 0 Å². The van der Waals surface area contributed by atoms with Gasteiger partial charge in [-0.3, -0.25) is 10.1 Å². The number of aromatic nitrogens is 2. The summed E-state index contributed by atoms with van der Waals surface area (Å²) < 4.78 is 5.05. The number of hydrogen-bond donors (Lipinski definition) is 2. The third-order valence-electron chi connectivity index (χ3n) is 2.76. The van der Waals surface area contributed by atoms with Crippen LogP contribution >= 0.6 is 0 Å². The molecular formula is C13H15N5O3. The van der Waals surface area contributed by atoms with E-state index in [4.69, 9.17) is 10.5 Å². The first-order valence-corrected chi connectivity index (χ1v) is 6.14. The summed E-state index contributed by atoms with van der Waals surface area (Å²) in [5.41, 5.74) is 7.16. The summed E-state index contributed by atoms with van der Waals surface area (Å²) in [5.74, 6) is 0.0493. The van der Waals surface area contributed by atoms with Gasteiger partial charge in [0.15, 0.2) is 0 Å². The molecule has 2 rings (SSSR count). The van der Waals surface area contributed by atoms with Crippen LogP contribution in [0.2, 0.25) is 0 Å². The maximum Gasteiger partial charge on any atom is 0.332 e. The van der Waals surface area contributed by atoms with Crippen LogP contribution in [0.15, 0.2) is 24.3 Å². The number of rotatable bonds is 5. The lowest BCUT2D eigenvalue weighted by Gasteiger charge is -2.09. The average molecular weight is 289 g/mol. The zero-order valence-electron chi connectivity index (χ0n) is 11.7. The first-order valence-electron chi connectivity index (χ1n) is 6.14. The Bertz CT molecular complexity index is 675. The Morgan fingerprint density at radius 2 is 2.19 bits per heavy atom. The average Bonchev–Trinajstić information content (AvgIpc) is 2.38. The summed E-state index contributed by atoms with van der Waals surface area (Å²) in [5, 5.41) is 14.0. The Labute approximate surface area is 121 Å². The predicted molar refractivity (Wildman–Crippen MR) is 78.3 cm³/mol. The Morgan fingerprint density at radius 1 is 1.43 bits per heavy atom. The van der Waals surface area contributed by atoms with Crippen molar-refractivity contribution in [3.8, 4) is 0 Å². The van der Waals surface area contributed by atoms with Gasteiger partial charge in [-0.25, -0.2) is 4.98 Å². The highest BCUT2D eigenvalue weighted by atomic mass is 16.6. The third kappa shape index (κ3) is 3.42.